The van der Waals surface area contributed by atoms with Crippen LogP contribution in [0.1, 0.15) is 37.5 Å². The van der Waals surface area contributed by atoms with E-state index in [1.807, 2.05) is 60.3 Å². The molecule has 0 N–H and O–H groups in total. The third kappa shape index (κ3) is 6.03. The van der Waals surface area contributed by atoms with Crippen LogP contribution in [0, 0.1) is 13.8 Å². The number of hydrogen-bond donors (Lipinski definition) is 0. The zero-order valence-corrected chi connectivity index (χ0v) is 39.7. The lowest BCUT2D eigenvalue weighted by molar-refractivity contribution is 0.591. The molecule has 14 rings (SSSR count). The third-order valence-corrected chi connectivity index (χ3v) is 15.8. The van der Waals surface area contributed by atoms with E-state index in [9.17, 15) is 0 Å². The maximum Gasteiger partial charge on any atom is 0.254 e. The van der Waals surface area contributed by atoms with Gasteiger partial charge in [-0.2, -0.15) is 0 Å². The van der Waals surface area contributed by atoms with E-state index in [2.05, 4.69) is 178 Å². The van der Waals surface area contributed by atoms with Crippen LogP contribution >= 0.6 is 11.3 Å². The maximum absolute atomic E-state index is 6.46. The topological polar surface area (TPSA) is 45.9 Å². The highest BCUT2D eigenvalue weighted by atomic mass is 32.1. The van der Waals surface area contributed by atoms with Crippen LogP contribution in [0.4, 0.5) is 33.4 Å². The lowest BCUT2D eigenvalue weighted by Gasteiger charge is -2.43. The van der Waals surface area contributed by atoms with Gasteiger partial charge in [-0.15, -0.1) is 11.3 Å². The number of aryl methyl sites for hydroxylation is 2. The standard InChI is InChI=1S/C62H45BN2O3S/c1-36-28-41(56-32-40-14-6-9-21-53(40)68-56)29-37(2)60(36)65-51-20-13-19-50-59(51)63(58-46-33-42(62(3,4)5)25-27-57(46)69-61(58)65)49-26-24-39(48-35-67-55-23-11-8-18-45(48)55)31-52(49)64(50)43-16-12-15-38(30-43)47-34-66-54-22-10-7-17-44(47)54/h6-35H,1-5H3. The Labute approximate surface area is 404 Å². The van der Waals surface area contributed by atoms with E-state index in [1.165, 1.54) is 59.5 Å². The number of anilines is 6. The lowest BCUT2D eigenvalue weighted by Crippen LogP contribution is -2.61. The molecule has 0 atom stereocenters. The predicted octanol–water partition coefficient (Wildman–Crippen LogP) is 16.1. The quantitative estimate of drug-likeness (QED) is 0.161. The van der Waals surface area contributed by atoms with Crippen LogP contribution in [0.5, 0.6) is 0 Å². The molecule has 330 valence electrons. The van der Waals surface area contributed by atoms with Crippen molar-refractivity contribution >= 4 is 111 Å². The van der Waals surface area contributed by atoms with Gasteiger partial charge >= 0.3 is 0 Å². The molecule has 69 heavy (non-hydrogen) atoms. The van der Waals surface area contributed by atoms with Crippen molar-refractivity contribution in [3.05, 3.63) is 199 Å². The molecule has 0 unspecified atom stereocenters. The number of furan rings is 3. The summed E-state index contributed by atoms with van der Waals surface area (Å²) in [5, 5.41) is 5.87. The van der Waals surface area contributed by atoms with Crippen molar-refractivity contribution in [3.63, 3.8) is 0 Å². The first-order valence-corrected chi connectivity index (χ1v) is 24.6. The molecule has 0 spiro atoms. The highest BCUT2D eigenvalue weighted by Crippen LogP contribution is 2.51. The van der Waals surface area contributed by atoms with Crippen molar-refractivity contribution in [2.75, 3.05) is 9.80 Å². The number of fused-ring (bicyclic) bond motifs is 9. The molecular formula is C62H45BN2O3S. The maximum atomic E-state index is 6.46. The normalized spacial score (nSPS) is 13.2. The van der Waals surface area contributed by atoms with E-state index in [0.717, 1.165) is 83.5 Å². The third-order valence-electron chi connectivity index (χ3n) is 14.6. The van der Waals surface area contributed by atoms with Gasteiger partial charge < -0.3 is 23.1 Å². The Morgan fingerprint density at radius 1 is 0.507 bits per heavy atom. The van der Waals surface area contributed by atoms with Crippen LogP contribution in [-0.4, -0.2) is 6.71 Å². The fraction of sp³-hybridized carbons (Fsp3) is 0.0968. The van der Waals surface area contributed by atoms with Gasteiger partial charge in [0.05, 0.1) is 23.2 Å². The van der Waals surface area contributed by atoms with Gasteiger partial charge in [0.2, 0.25) is 0 Å². The van der Waals surface area contributed by atoms with Crippen LogP contribution < -0.4 is 26.2 Å². The lowest BCUT2D eigenvalue weighted by atomic mass is 9.33. The minimum atomic E-state index is -0.0516. The molecular weight excluding hydrogens is 864 g/mol. The number of rotatable bonds is 5. The molecule has 5 nitrogen and oxygen atoms in total. The molecule has 8 aromatic carbocycles. The average Bonchev–Trinajstić information content (AvgIpc) is 4.18. The fourth-order valence-electron chi connectivity index (χ4n) is 11.4. The number of para-hydroxylation sites is 3. The highest BCUT2D eigenvalue weighted by molar-refractivity contribution is 7.26. The molecule has 0 saturated carbocycles. The predicted molar refractivity (Wildman–Crippen MR) is 290 cm³/mol. The second-order valence-corrected chi connectivity index (χ2v) is 20.8. The Morgan fingerprint density at radius 2 is 1.16 bits per heavy atom. The van der Waals surface area contributed by atoms with Gasteiger partial charge in [-0.05, 0) is 142 Å². The van der Waals surface area contributed by atoms with E-state index < -0.39 is 0 Å². The van der Waals surface area contributed by atoms with Crippen molar-refractivity contribution in [1.82, 2.24) is 0 Å². The summed E-state index contributed by atoms with van der Waals surface area (Å²) in [4.78, 5) is 5.09. The van der Waals surface area contributed by atoms with Gasteiger partial charge in [0, 0.05) is 60.3 Å². The Balaban J connectivity index is 1.04. The number of benzene rings is 8. The van der Waals surface area contributed by atoms with Crippen molar-refractivity contribution in [3.8, 4) is 33.6 Å². The molecule has 4 aromatic heterocycles. The van der Waals surface area contributed by atoms with Gasteiger partial charge in [-0.25, -0.2) is 0 Å². The minimum Gasteiger partial charge on any atom is -0.464 e. The summed E-state index contributed by atoms with van der Waals surface area (Å²) in [5.74, 6) is 0.877. The Hall–Kier alpha value is -8.00. The van der Waals surface area contributed by atoms with Crippen LogP contribution in [-0.2, 0) is 5.41 Å². The molecule has 0 fully saturated rings. The van der Waals surface area contributed by atoms with Crippen LogP contribution in [0.3, 0.4) is 0 Å². The first kappa shape index (κ1) is 40.1. The van der Waals surface area contributed by atoms with E-state index in [1.54, 1.807) is 0 Å². The fourth-order valence-corrected chi connectivity index (χ4v) is 12.6. The SMILES string of the molecule is Cc1cc(-c2cc3ccccc3o2)cc(C)c1N1c2cccc3c2B(c2ccc(-c4coc5ccccc45)cc2N3c2cccc(-c3coc4ccccc34)c2)c2c1sc1ccc(C(C)(C)C)cc21. The summed E-state index contributed by atoms with van der Waals surface area (Å²) in [7, 11) is 0. The number of nitrogens with zero attached hydrogens (tertiary/aromatic N) is 2. The second kappa shape index (κ2) is 14.8. The number of hydrogen-bond acceptors (Lipinski definition) is 6. The van der Waals surface area contributed by atoms with Crippen molar-refractivity contribution < 1.29 is 13.3 Å². The first-order valence-electron chi connectivity index (χ1n) is 23.7. The van der Waals surface area contributed by atoms with E-state index in [0.29, 0.717) is 0 Å². The van der Waals surface area contributed by atoms with Crippen LogP contribution in [0.2, 0.25) is 0 Å². The average molecular weight is 909 g/mol. The summed E-state index contributed by atoms with van der Waals surface area (Å²) in [6.45, 7) is 11.4. The summed E-state index contributed by atoms with van der Waals surface area (Å²) < 4.78 is 20.0. The highest BCUT2D eigenvalue weighted by Gasteiger charge is 2.46. The Morgan fingerprint density at radius 3 is 1.87 bits per heavy atom. The largest absolute Gasteiger partial charge is 0.464 e. The molecule has 0 saturated heterocycles. The second-order valence-electron chi connectivity index (χ2n) is 19.8. The monoisotopic (exact) mass is 908 g/mol. The molecule has 0 bridgehead atoms. The zero-order valence-electron chi connectivity index (χ0n) is 38.9. The van der Waals surface area contributed by atoms with Crippen molar-refractivity contribution in [1.29, 1.82) is 0 Å². The minimum absolute atomic E-state index is 0.0328. The zero-order chi connectivity index (χ0) is 46.3. The van der Waals surface area contributed by atoms with Gasteiger partial charge in [0.25, 0.3) is 6.71 Å². The smallest absolute Gasteiger partial charge is 0.254 e. The summed E-state index contributed by atoms with van der Waals surface area (Å²) in [6, 6.07) is 61.8. The molecule has 2 aliphatic heterocycles. The van der Waals surface area contributed by atoms with Crippen molar-refractivity contribution in [2.24, 2.45) is 0 Å². The summed E-state index contributed by atoms with van der Waals surface area (Å²) in [6.07, 6.45) is 3.81. The molecule has 6 heterocycles. The van der Waals surface area contributed by atoms with Gasteiger partial charge in [0.1, 0.15) is 22.5 Å². The molecule has 2 aliphatic rings. The number of thiophene rings is 1. The van der Waals surface area contributed by atoms with Gasteiger partial charge in [-0.1, -0.05) is 118 Å². The molecule has 0 amide bonds. The first-order chi connectivity index (χ1) is 33.7. The molecule has 7 heteroatoms. The van der Waals surface area contributed by atoms with Crippen LogP contribution in [0.25, 0.3) is 76.6 Å². The van der Waals surface area contributed by atoms with E-state index in [4.69, 9.17) is 13.3 Å². The molecule has 12 aromatic rings. The summed E-state index contributed by atoms with van der Waals surface area (Å²) in [5.41, 5.74) is 21.4. The van der Waals surface area contributed by atoms with Gasteiger partial charge in [-0.3, -0.25) is 0 Å². The van der Waals surface area contributed by atoms with E-state index in [-0.39, 0.29) is 12.1 Å². The van der Waals surface area contributed by atoms with Crippen molar-refractivity contribution in [2.45, 2.75) is 40.0 Å². The molecule has 0 aliphatic carbocycles. The van der Waals surface area contributed by atoms with Gasteiger partial charge in [0.15, 0.2) is 0 Å². The van der Waals surface area contributed by atoms with Crippen LogP contribution in [0.15, 0.2) is 196 Å². The summed E-state index contributed by atoms with van der Waals surface area (Å²) >= 11 is 1.90. The Kier molecular flexibility index (Phi) is 8.57. The molecule has 0 radical (unpaired) electrons. The van der Waals surface area contributed by atoms with E-state index >= 15 is 0 Å². The Bertz CT molecular complexity index is 4030.